The van der Waals surface area contributed by atoms with E-state index in [1.54, 1.807) is 6.07 Å². The Morgan fingerprint density at radius 2 is 1.55 bits per heavy atom. The zero-order valence-corrected chi connectivity index (χ0v) is 17.3. The third-order valence-corrected chi connectivity index (χ3v) is 5.55. The minimum atomic E-state index is -0.150. The average Bonchev–Trinajstić information content (AvgIpc) is 2.74. The van der Waals surface area contributed by atoms with Gasteiger partial charge < -0.3 is 10.6 Å². The Bertz CT molecular complexity index is 972. The van der Waals surface area contributed by atoms with Crippen molar-refractivity contribution in [2.75, 3.05) is 11.1 Å². The van der Waals surface area contributed by atoms with Gasteiger partial charge in [-0.05, 0) is 43.7 Å². The van der Waals surface area contributed by atoms with E-state index in [9.17, 15) is 9.59 Å². The first-order valence-electron chi connectivity index (χ1n) is 9.47. The van der Waals surface area contributed by atoms with Gasteiger partial charge in [-0.2, -0.15) is 0 Å². The number of hydrogen-bond acceptors (Lipinski definition) is 3. The standard InChI is InChI=1S/C24H24N2O2S/c1-17-12-14-20(15-13-17)26-23(27)16-29-22-11-7-6-10-21(22)24(28)25-18(2)19-8-4-3-5-9-19/h3-15,18H,16H2,1-2H3,(H,25,28)(H,26,27). The fraction of sp³-hybridized carbons (Fsp3) is 0.167. The molecule has 5 heteroatoms. The maximum absolute atomic E-state index is 12.8. The molecule has 1 unspecified atom stereocenters. The molecule has 0 heterocycles. The maximum Gasteiger partial charge on any atom is 0.252 e. The third-order valence-electron chi connectivity index (χ3n) is 4.47. The number of rotatable bonds is 7. The average molecular weight is 405 g/mol. The molecule has 2 N–H and O–H groups in total. The van der Waals surface area contributed by atoms with Gasteiger partial charge in [0.15, 0.2) is 0 Å². The van der Waals surface area contributed by atoms with Crippen molar-refractivity contribution in [3.63, 3.8) is 0 Å². The van der Waals surface area contributed by atoms with Crippen LogP contribution in [0.15, 0.2) is 83.8 Å². The molecular formula is C24H24N2O2S. The molecule has 3 rings (SSSR count). The van der Waals surface area contributed by atoms with Crippen molar-refractivity contribution >= 4 is 29.3 Å². The SMILES string of the molecule is Cc1ccc(NC(=O)CSc2ccccc2C(=O)NC(C)c2ccccc2)cc1. The van der Waals surface area contributed by atoms with Crippen LogP contribution in [0.5, 0.6) is 0 Å². The van der Waals surface area contributed by atoms with Crippen LogP contribution in [0.2, 0.25) is 0 Å². The van der Waals surface area contributed by atoms with Gasteiger partial charge in [0, 0.05) is 10.6 Å². The van der Waals surface area contributed by atoms with Crippen molar-refractivity contribution in [2.24, 2.45) is 0 Å². The number of carbonyl (C=O) groups excluding carboxylic acids is 2. The van der Waals surface area contributed by atoms with Crippen LogP contribution in [0.3, 0.4) is 0 Å². The summed E-state index contributed by atoms with van der Waals surface area (Å²) in [5, 5.41) is 5.91. The summed E-state index contributed by atoms with van der Waals surface area (Å²) < 4.78 is 0. The summed E-state index contributed by atoms with van der Waals surface area (Å²) in [5.74, 6) is -0.0259. The highest BCUT2D eigenvalue weighted by atomic mass is 32.2. The van der Waals surface area contributed by atoms with Crippen LogP contribution in [-0.2, 0) is 4.79 Å². The normalized spacial score (nSPS) is 11.5. The zero-order chi connectivity index (χ0) is 20.6. The second-order valence-electron chi connectivity index (χ2n) is 6.80. The van der Waals surface area contributed by atoms with Crippen molar-refractivity contribution in [2.45, 2.75) is 24.8 Å². The van der Waals surface area contributed by atoms with Crippen LogP contribution in [0.25, 0.3) is 0 Å². The highest BCUT2D eigenvalue weighted by Crippen LogP contribution is 2.24. The lowest BCUT2D eigenvalue weighted by molar-refractivity contribution is -0.113. The van der Waals surface area contributed by atoms with E-state index in [1.807, 2.05) is 86.6 Å². The summed E-state index contributed by atoms with van der Waals surface area (Å²) in [5.41, 5.74) is 3.53. The first-order valence-corrected chi connectivity index (χ1v) is 10.5. The van der Waals surface area contributed by atoms with Gasteiger partial charge in [0.2, 0.25) is 5.91 Å². The van der Waals surface area contributed by atoms with Gasteiger partial charge in [-0.1, -0.05) is 60.2 Å². The molecule has 3 aromatic carbocycles. The van der Waals surface area contributed by atoms with Crippen molar-refractivity contribution in [3.05, 3.63) is 95.6 Å². The van der Waals surface area contributed by atoms with Crippen LogP contribution in [0.1, 0.15) is 34.5 Å². The first-order chi connectivity index (χ1) is 14.0. The maximum atomic E-state index is 12.8. The highest BCUT2D eigenvalue weighted by Gasteiger charge is 2.15. The molecule has 4 nitrogen and oxygen atoms in total. The number of thioether (sulfide) groups is 1. The third kappa shape index (κ3) is 5.96. The van der Waals surface area contributed by atoms with Crippen LogP contribution < -0.4 is 10.6 Å². The monoisotopic (exact) mass is 404 g/mol. The van der Waals surface area contributed by atoms with Gasteiger partial charge in [-0.25, -0.2) is 0 Å². The smallest absolute Gasteiger partial charge is 0.252 e. The molecule has 0 saturated carbocycles. The summed E-state index contributed by atoms with van der Waals surface area (Å²) in [6.45, 7) is 3.96. The number of hydrogen-bond donors (Lipinski definition) is 2. The van der Waals surface area contributed by atoms with Gasteiger partial charge in [0.1, 0.15) is 0 Å². The molecule has 0 fully saturated rings. The number of anilines is 1. The Balaban J connectivity index is 1.61. The lowest BCUT2D eigenvalue weighted by Crippen LogP contribution is -2.27. The lowest BCUT2D eigenvalue weighted by atomic mass is 10.1. The summed E-state index contributed by atoms with van der Waals surface area (Å²) in [7, 11) is 0. The van der Waals surface area contributed by atoms with E-state index in [0.29, 0.717) is 5.56 Å². The van der Waals surface area contributed by atoms with E-state index in [4.69, 9.17) is 0 Å². The van der Waals surface area contributed by atoms with E-state index in [0.717, 1.165) is 21.7 Å². The van der Waals surface area contributed by atoms with Crippen LogP contribution in [0.4, 0.5) is 5.69 Å². The van der Waals surface area contributed by atoms with Crippen LogP contribution >= 0.6 is 11.8 Å². The molecule has 2 amide bonds. The molecule has 0 aliphatic carbocycles. The lowest BCUT2D eigenvalue weighted by Gasteiger charge is -2.16. The second-order valence-corrected chi connectivity index (χ2v) is 7.82. The predicted molar refractivity (Wildman–Crippen MR) is 119 cm³/mol. The number of nitrogens with one attached hydrogen (secondary N) is 2. The first kappa shape index (κ1) is 20.7. The van der Waals surface area contributed by atoms with E-state index >= 15 is 0 Å². The predicted octanol–water partition coefficient (Wildman–Crippen LogP) is 5.22. The van der Waals surface area contributed by atoms with Crippen molar-refractivity contribution in [3.8, 4) is 0 Å². The summed E-state index contributed by atoms with van der Waals surface area (Å²) in [4.78, 5) is 25.9. The summed E-state index contributed by atoms with van der Waals surface area (Å²) in [6.07, 6.45) is 0. The van der Waals surface area contributed by atoms with E-state index < -0.39 is 0 Å². The molecular weight excluding hydrogens is 380 g/mol. The van der Waals surface area contributed by atoms with Gasteiger partial charge in [0.05, 0.1) is 17.4 Å². The molecule has 0 saturated heterocycles. The summed E-state index contributed by atoms with van der Waals surface area (Å²) in [6, 6.07) is 24.7. The number of carbonyl (C=O) groups is 2. The Morgan fingerprint density at radius 1 is 0.897 bits per heavy atom. The number of amides is 2. The van der Waals surface area contributed by atoms with Crippen molar-refractivity contribution in [1.82, 2.24) is 5.32 Å². The molecule has 0 aromatic heterocycles. The van der Waals surface area contributed by atoms with Gasteiger partial charge in [-0.15, -0.1) is 11.8 Å². The van der Waals surface area contributed by atoms with E-state index in [1.165, 1.54) is 11.8 Å². The molecule has 29 heavy (non-hydrogen) atoms. The minimum absolute atomic E-state index is 0.105. The van der Waals surface area contributed by atoms with Gasteiger partial charge in [0.25, 0.3) is 5.91 Å². The molecule has 0 aliphatic heterocycles. The quantitative estimate of drug-likeness (QED) is 0.531. The van der Waals surface area contributed by atoms with Crippen LogP contribution in [0, 0.1) is 6.92 Å². The van der Waals surface area contributed by atoms with Crippen LogP contribution in [-0.4, -0.2) is 17.6 Å². The molecule has 1 atom stereocenters. The molecule has 3 aromatic rings. The van der Waals surface area contributed by atoms with Gasteiger partial charge >= 0.3 is 0 Å². The van der Waals surface area contributed by atoms with E-state index in [2.05, 4.69) is 10.6 Å². The Labute approximate surface area is 175 Å². The summed E-state index contributed by atoms with van der Waals surface area (Å²) >= 11 is 1.36. The topological polar surface area (TPSA) is 58.2 Å². The largest absolute Gasteiger partial charge is 0.345 e. The molecule has 0 bridgehead atoms. The second kappa shape index (κ2) is 9.94. The molecule has 0 radical (unpaired) electrons. The Hall–Kier alpha value is -3.05. The Morgan fingerprint density at radius 3 is 2.28 bits per heavy atom. The fourth-order valence-electron chi connectivity index (χ4n) is 2.86. The van der Waals surface area contributed by atoms with Crippen molar-refractivity contribution in [1.29, 1.82) is 0 Å². The minimum Gasteiger partial charge on any atom is -0.345 e. The highest BCUT2D eigenvalue weighted by molar-refractivity contribution is 8.00. The fourth-order valence-corrected chi connectivity index (χ4v) is 3.71. The molecule has 0 aliphatic rings. The Kier molecular flexibility index (Phi) is 7.09. The molecule has 148 valence electrons. The molecule has 0 spiro atoms. The zero-order valence-electron chi connectivity index (χ0n) is 16.5. The van der Waals surface area contributed by atoms with Crippen molar-refractivity contribution < 1.29 is 9.59 Å². The number of aryl methyl sites for hydroxylation is 1. The van der Waals surface area contributed by atoms with E-state index in [-0.39, 0.29) is 23.6 Å². The van der Waals surface area contributed by atoms with Gasteiger partial charge in [-0.3, -0.25) is 9.59 Å². The number of benzene rings is 3.